The summed E-state index contributed by atoms with van der Waals surface area (Å²) in [5, 5.41) is 2.48. The predicted molar refractivity (Wildman–Crippen MR) is 79.4 cm³/mol. The van der Waals surface area contributed by atoms with Crippen LogP contribution in [-0.2, 0) is 6.54 Å². The number of nitrogens with zero attached hydrogens (tertiary/aromatic N) is 1. The number of aromatic amines is 1. The minimum Gasteiger partial charge on any atom is -0.496 e. The lowest BCUT2D eigenvalue weighted by molar-refractivity contribution is 0.406. The van der Waals surface area contributed by atoms with E-state index in [-0.39, 0.29) is 24.2 Å². The maximum absolute atomic E-state index is 11.7. The molecule has 0 saturated heterocycles. The third-order valence-corrected chi connectivity index (χ3v) is 2.83. The second-order valence-electron chi connectivity index (χ2n) is 4.27. The van der Waals surface area contributed by atoms with Crippen molar-refractivity contribution in [2.24, 2.45) is 5.73 Å². The highest BCUT2D eigenvalue weighted by Crippen LogP contribution is 2.20. The smallest absolute Gasteiger partial charge is 0.265 e. The van der Waals surface area contributed by atoms with Crippen LogP contribution in [0.4, 0.5) is 0 Å². The molecule has 6 heteroatoms. The van der Waals surface area contributed by atoms with Crippen LogP contribution >= 0.6 is 0 Å². The first-order valence-electron chi connectivity index (χ1n) is 6.30. The van der Waals surface area contributed by atoms with Gasteiger partial charge in [-0.25, -0.2) is 4.68 Å². The van der Waals surface area contributed by atoms with E-state index in [0.29, 0.717) is 5.75 Å². The monoisotopic (exact) mass is 285 g/mol. The van der Waals surface area contributed by atoms with Gasteiger partial charge in [0.25, 0.3) is 11.1 Å². The summed E-state index contributed by atoms with van der Waals surface area (Å²) in [6.07, 6.45) is 0. The van der Waals surface area contributed by atoms with E-state index in [1.807, 2.05) is 6.07 Å². The molecule has 0 aliphatic heterocycles. The molecule has 0 fully saturated rings. The van der Waals surface area contributed by atoms with Crippen LogP contribution in [0.15, 0.2) is 39.9 Å². The van der Waals surface area contributed by atoms with Gasteiger partial charge in [-0.3, -0.25) is 14.7 Å². The van der Waals surface area contributed by atoms with E-state index in [2.05, 4.69) is 16.9 Å². The Bertz CT molecular complexity index is 809. The van der Waals surface area contributed by atoms with Crippen molar-refractivity contribution in [3.8, 4) is 17.6 Å². The Morgan fingerprint density at radius 3 is 2.81 bits per heavy atom. The Balaban J connectivity index is 2.44. The molecule has 2 rings (SSSR count). The van der Waals surface area contributed by atoms with Crippen molar-refractivity contribution in [1.29, 1.82) is 0 Å². The molecule has 0 aliphatic carbocycles. The molecule has 1 aromatic heterocycles. The van der Waals surface area contributed by atoms with E-state index in [4.69, 9.17) is 10.5 Å². The summed E-state index contributed by atoms with van der Waals surface area (Å²) in [5.41, 5.74) is 6.22. The summed E-state index contributed by atoms with van der Waals surface area (Å²) in [6.45, 7) is 0.461. The lowest BCUT2D eigenvalue weighted by Gasteiger charge is -2.10. The molecule has 0 amide bonds. The van der Waals surface area contributed by atoms with E-state index >= 15 is 0 Å². The third kappa shape index (κ3) is 3.61. The van der Waals surface area contributed by atoms with Crippen LogP contribution in [0.25, 0.3) is 0 Å². The first-order chi connectivity index (χ1) is 10.1. The van der Waals surface area contributed by atoms with E-state index in [1.165, 1.54) is 16.8 Å². The van der Waals surface area contributed by atoms with E-state index in [1.54, 1.807) is 19.2 Å². The first-order valence-corrected chi connectivity index (χ1v) is 6.30. The van der Waals surface area contributed by atoms with Crippen LogP contribution < -0.4 is 21.6 Å². The molecule has 3 N–H and O–H groups in total. The van der Waals surface area contributed by atoms with Gasteiger partial charge < -0.3 is 10.5 Å². The minimum atomic E-state index is -0.340. The number of nitrogens with one attached hydrogen (secondary N) is 1. The summed E-state index contributed by atoms with van der Waals surface area (Å²) >= 11 is 0. The van der Waals surface area contributed by atoms with Crippen LogP contribution in [0, 0.1) is 11.8 Å². The topological polar surface area (TPSA) is 90.1 Å². The molecular weight excluding hydrogens is 270 g/mol. The molecule has 0 atom stereocenters. The molecule has 0 spiro atoms. The lowest BCUT2D eigenvalue weighted by atomic mass is 10.1. The molecule has 6 nitrogen and oxygen atoms in total. The van der Waals surface area contributed by atoms with Crippen LogP contribution in [0.5, 0.6) is 5.75 Å². The Hall–Kier alpha value is -2.78. The average molecular weight is 285 g/mol. The van der Waals surface area contributed by atoms with Crippen molar-refractivity contribution in [2.75, 3.05) is 13.7 Å². The zero-order valence-corrected chi connectivity index (χ0v) is 11.6. The molecule has 2 aromatic rings. The molecule has 0 aliphatic rings. The highest BCUT2D eigenvalue weighted by Gasteiger charge is 2.06. The zero-order valence-electron chi connectivity index (χ0n) is 11.6. The Labute approximate surface area is 121 Å². The molecule has 21 heavy (non-hydrogen) atoms. The van der Waals surface area contributed by atoms with Crippen molar-refractivity contribution in [3.05, 3.63) is 62.2 Å². The van der Waals surface area contributed by atoms with Gasteiger partial charge >= 0.3 is 0 Å². The van der Waals surface area contributed by atoms with Crippen molar-refractivity contribution in [1.82, 2.24) is 9.78 Å². The lowest BCUT2D eigenvalue weighted by Crippen LogP contribution is -2.28. The maximum atomic E-state index is 11.7. The number of aromatic nitrogens is 2. The first kappa shape index (κ1) is 14.6. The largest absolute Gasteiger partial charge is 0.496 e. The van der Waals surface area contributed by atoms with Crippen LogP contribution in [0.1, 0.15) is 11.1 Å². The normalized spacial score (nSPS) is 9.81. The fourth-order valence-electron chi connectivity index (χ4n) is 1.88. The van der Waals surface area contributed by atoms with Crippen LogP contribution in [0.3, 0.4) is 0 Å². The second kappa shape index (κ2) is 6.59. The van der Waals surface area contributed by atoms with Gasteiger partial charge in [0.2, 0.25) is 0 Å². The molecule has 0 bridgehead atoms. The molecule has 0 unspecified atom stereocenters. The standard InChI is InChI=1S/C15H15N3O3/c1-21-13-5-4-11(3-2-8-16)9-12(13)10-18-15(20)7-6-14(19)17-18/h4-7,9H,8,10,16H2,1H3,(H,17,19). The average Bonchev–Trinajstić information content (AvgIpc) is 2.49. The molecule has 1 aromatic carbocycles. The van der Waals surface area contributed by atoms with Gasteiger partial charge in [-0.05, 0) is 18.2 Å². The van der Waals surface area contributed by atoms with Gasteiger partial charge in [0.05, 0.1) is 20.2 Å². The van der Waals surface area contributed by atoms with Gasteiger partial charge in [-0.15, -0.1) is 0 Å². The number of methoxy groups -OCH3 is 1. The molecule has 0 saturated carbocycles. The van der Waals surface area contributed by atoms with Crippen LogP contribution in [0.2, 0.25) is 0 Å². The zero-order chi connectivity index (χ0) is 15.2. The van der Waals surface area contributed by atoms with Gasteiger partial charge in [-0.2, -0.15) is 0 Å². The predicted octanol–water partition coefficient (Wildman–Crippen LogP) is -0.0963. The molecule has 108 valence electrons. The number of benzene rings is 1. The minimum absolute atomic E-state index is 0.191. The number of hydrogen-bond donors (Lipinski definition) is 2. The summed E-state index contributed by atoms with van der Waals surface area (Å²) < 4.78 is 6.49. The Morgan fingerprint density at radius 1 is 1.29 bits per heavy atom. The summed E-state index contributed by atoms with van der Waals surface area (Å²) in [6, 6.07) is 7.80. The van der Waals surface area contributed by atoms with Crippen molar-refractivity contribution >= 4 is 0 Å². The van der Waals surface area contributed by atoms with E-state index < -0.39 is 0 Å². The van der Waals surface area contributed by atoms with Gasteiger partial charge in [-0.1, -0.05) is 11.8 Å². The number of H-pyrrole nitrogens is 1. The number of ether oxygens (including phenoxy) is 1. The summed E-state index contributed by atoms with van der Waals surface area (Å²) in [4.78, 5) is 23.1. The van der Waals surface area contributed by atoms with Gasteiger partial charge in [0.1, 0.15) is 5.75 Å². The van der Waals surface area contributed by atoms with Gasteiger partial charge in [0.15, 0.2) is 0 Å². The Morgan fingerprint density at radius 2 is 2.10 bits per heavy atom. The fourth-order valence-corrected chi connectivity index (χ4v) is 1.88. The van der Waals surface area contributed by atoms with Gasteiger partial charge in [0, 0.05) is 23.3 Å². The maximum Gasteiger partial charge on any atom is 0.265 e. The van der Waals surface area contributed by atoms with E-state index in [0.717, 1.165) is 11.1 Å². The van der Waals surface area contributed by atoms with Crippen molar-refractivity contribution < 1.29 is 4.74 Å². The third-order valence-electron chi connectivity index (χ3n) is 2.83. The quantitative estimate of drug-likeness (QED) is 0.771. The number of nitrogens with two attached hydrogens (primary N) is 1. The van der Waals surface area contributed by atoms with Crippen molar-refractivity contribution in [2.45, 2.75) is 6.54 Å². The van der Waals surface area contributed by atoms with Crippen molar-refractivity contribution in [3.63, 3.8) is 0 Å². The SMILES string of the molecule is COc1ccc(C#CCN)cc1Cn1[nH]c(=O)ccc1=O. The molecular formula is C15H15N3O3. The highest BCUT2D eigenvalue weighted by atomic mass is 16.5. The summed E-state index contributed by atoms with van der Waals surface area (Å²) in [5.74, 6) is 6.30. The fraction of sp³-hybridized carbons (Fsp3) is 0.200. The molecule has 1 heterocycles. The summed E-state index contributed by atoms with van der Waals surface area (Å²) in [7, 11) is 1.54. The Kier molecular flexibility index (Phi) is 4.59. The number of hydrogen-bond acceptors (Lipinski definition) is 4. The second-order valence-corrected chi connectivity index (χ2v) is 4.27. The molecule has 0 radical (unpaired) electrons. The van der Waals surface area contributed by atoms with Crippen LogP contribution in [-0.4, -0.2) is 23.4 Å². The van der Waals surface area contributed by atoms with E-state index in [9.17, 15) is 9.59 Å². The number of rotatable bonds is 3. The highest BCUT2D eigenvalue weighted by molar-refractivity contribution is 5.44.